The highest BCUT2D eigenvalue weighted by molar-refractivity contribution is 7.99. The molecule has 82 valence electrons. The van der Waals surface area contributed by atoms with Crippen LogP contribution in [0.25, 0.3) is 0 Å². The van der Waals surface area contributed by atoms with E-state index in [-0.39, 0.29) is 5.91 Å². The number of nitrogens with one attached hydrogen (secondary N) is 2. The van der Waals surface area contributed by atoms with Crippen LogP contribution in [-0.4, -0.2) is 40.7 Å². The number of rotatable bonds is 3. The third-order valence-electron chi connectivity index (χ3n) is 2.10. The number of amides is 1. The van der Waals surface area contributed by atoms with Gasteiger partial charge in [0.15, 0.2) is 0 Å². The van der Waals surface area contributed by atoms with E-state index in [0.29, 0.717) is 16.2 Å². The molecule has 15 heavy (non-hydrogen) atoms. The van der Waals surface area contributed by atoms with Crippen molar-refractivity contribution in [2.24, 2.45) is 0 Å². The molecule has 0 aliphatic carbocycles. The van der Waals surface area contributed by atoms with Crippen LogP contribution in [0, 0.1) is 0 Å². The van der Waals surface area contributed by atoms with Crippen molar-refractivity contribution in [2.45, 2.75) is 12.5 Å². The molecule has 1 aliphatic heterocycles. The normalized spacial score (nSPS) is 20.2. The summed E-state index contributed by atoms with van der Waals surface area (Å²) in [6.45, 7) is 0. The Labute approximate surface area is 96.0 Å². The summed E-state index contributed by atoms with van der Waals surface area (Å²) in [6.07, 6.45) is 1.05. The Kier molecular flexibility index (Phi) is 3.42. The first-order valence-electron chi connectivity index (χ1n) is 4.69. The number of anilines is 1. The molecule has 0 aromatic carbocycles. The van der Waals surface area contributed by atoms with Crippen LogP contribution in [0.15, 0.2) is 0 Å². The summed E-state index contributed by atoms with van der Waals surface area (Å²) in [6, 6.07) is 0.296. The van der Waals surface area contributed by atoms with Crippen molar-refractivity contribution in [3.8, 4) is 0 Å². The van der Waals surface area contributed by atoms with E-state index in [1.807, 2.05) is 11.8 Å². The predicted molar refractivity (Wildman–Crippen MR) is 62.7 cm³/mol. The van der Waals surface area contributed by atoms with Gasteiger partial charge in [-0.25, -0.2) is 0 Å². The summed E-state index contributed by atoms with van der Waals surface area (Å²) in [4.78, 5) is 11.7. The van der Waals surface area contributed by atoms with Crippen molar-refractivity contribution >= 4 is 34.1 Å². The lowest BCUT2D eigenvalue weighted by atomic mass is 10.2. The molecular formula is C8H12N4OS2. The Bertz CT molecular complexity index is 348. The molecular weight excluding hydrogens is 232 g/mol. The number of carbonyl (C=O) groups is 1. The van der Waals surface area contributed by atoms with E-state index >= 15 is 0 Å². The van der Waals surface area contributed by atoms with Crippen molar-refractivity contribution in [2.75, 3.05) is 23.9 Å². The van der Waals surface area contributed by atoms with Gasteiger partial charge in [0.05, 0.1) is 0 Å². The van der Waals surface area contributed by atoms with Crippen LogP contribution in [0.4, 0.5) is 5.13 Å². The maximum Gasteiger partial charge on any atom is 0.282 e. The van der Waals surface area contributed by atoms with Crippen molar-refractivity contribution < 1.29 is 4.79 Å². The number of thioether (sulfide) groups is 1. The second-order valence-electron chi connectivity index (χ2n) is 3.20. The van der Waals surface area contributed by atoms with E-state index < -0.39 is 0 Å². The van der Waals surface area contributed by atoms with Crippen LogP contribution >= 0.6 is 23.1 Å². The fourth-order valence-electron chi connectivity index (χ4n) is 1.31. The van der Waals surface area contributed by atoms with Crippen LogP contribution in [-0.2, 0) is 0 Å². The smallest absolute Gasteiger partial charge is 0.282 e. The van der Waals surface area contributed by atoms with Crippen LogP contribution in [0.2, 0.25) is 0 Å². The number of carbonyl (C=O) groups excluding carboxylic acids is 1. The first-order valence-corrected chi connectivity index (χ1v) is 6.66. The van der Waals surface area contributed by atoms with Gasteiger partial charge in [0.1, 0.15) is 0 Å². The first kappa shape index (κ1) is 10.7. The van der Waals surface area contributed by atoms with Crippen molar-refractivity contribution in [3.05, 3.63) is 5.01 Å². The molecule has 1 aromatic rings. The topological polar surface area (TPSA) is 66.9 Å². The summed E-state index contributed by atoms with van der Waals surface area (Å²) >= 11 is 3.14. The summed E-state index contributed by atoms with van der Waals surface area (Å²) in [5, 5.41) is 14.5. The van der Waals surface area contributed by atoms with E-state index in [0.717, 1.165) is 17.9 Å². The average Bonchev–Trinajstić information content (AvgIpc) is 2.86. The quantitative estimate of drug-likeness (QED) is 0.824. The van der Waals surface area contributed by atoms with Gasteiger partial charge in [-0.2, -0.15) is 11.8 Å². The number of hydrogen-bond donors (Lipinski definition) is 2. The molecule has 1 aliphatic rings. The van der Waals surface area contributed by atoms with Gasteiger partial charge < -0.3 is 10.6 Å². The minimum atomic E-state index is -0.110. The highest BCUT2D eigenvalue weighted by atomic mass is 32.2. The minimum absolute atomic E-state index is 0.110. The highest BCUT2D eigenvalue weighted by Gasteiger charge is 2.20. The molecule has 0 saturated carbocycles. The molecule has 2 N–H and O–H groups in total. The lowest BCUT2D eigenvalue weighted by molar-refractivity contribution is 0.0940. The first-order chi connectivity index (χ1) is 7.29. The third-order valence-corrected chi connectivity index (χ3v) is 4.20. The second kappa shape index (κ2) is 4.80. The van der Waals surface area contributed by atoms with Gasteiger partial charge >= 0.3 is 0 Å². The van der Waals surface area contributed by atoms with E-state index in [1.54, 1.807) is 7.05 Å². The van der Waals surface area contributed by atoms with E-state index in [9.17, 15) is 4.79 Å². The van der Waals surface area contributed by atoms with E-state index in [1.165, 1.54) is 11.3 Å². The van der Waals surface area contributed by atoms with E-state index in [4.69, 9.17) is 0 Å². The number of nitrogens with zero attached hydrogens (tertiary/aromatic N) is 2. The van der Waals surface area contributed by atoms with Gasteiger partial charge in [-0.05, 0) is 12.2 Å². The third kappa shape index (κ3) is 2.60. The SMILES string of the molecule is CNc1nnc(C(=O)NC2CCSC2)s1. The predicted octanol–water partition coefficient (Wildman–Crippen LogP) is 0.815. The Morgan fingerprint density at radius 1 is 1.53 bits per heavy atom. The maximum absolute atomic E-state index is 11.7. The molecule has 1 fully saturated rings. The highest BCUT2D eigenvalue weighted by Crippen LogP contribution is 2.19. The maximum atomic E-state index is 11.7. The molecule has 0 spiro atoms. The van der Waals surface area contributed by atoms with Crippen molar-refractivity contribution in [3.63, 3.8) is 0 Å². The Balaban J connectivity index is 1.94. The van der Waals surface area contributed by atoms with Crippen LogP contribution in [0.5, 0.6) is 0 Å². The zero-order valence-electron chi connectivity index (χ0n) is 8.32. The molecule has 2 rings (SSSR count). The van der Waals surface area contributed by atoms with Gasteiger partial charge in [-0.1, -0.05) is 11.3 Å². The average molecular weight is 244 g/mol. The number of hydrogen-bond acceptors (Lipinski definition) is 6. The lowest BCUT2D eigenvalue weighted by Gasteiger charge is -2.08. The summed E-state index contributed by atoms with van der Waals surface area (Å²) in [5.74, 6) is 2.02. The lowest BCUT2D eigenvalue weighted by Crippen LogP contribution is -2.34. The molecule has 1 unspecified atom stereocenters. The van der Waals surface area contributed by atoms with E-state index in [2.05, 4.69) is 20.8 Å². The van der Waals surface area contributed by atoms with Crippen molar-refractivity contribution in [1.29, 1.82) is 0 Å². The Morgan fingerprint density at radius 3 is 3.00 bits per heavy atom. The monoisotopic (exact) mass is 244 g/mol. The summed E-state index contributed by atoms with van der Waals surface area (Å²) in [5.41, 5.74) is 0. The Morgan fingerprint density at radius 2 is 2.40 bits per heavy atom. The molecule has 1 amide bonds. The molecule has 1 atom stereocenters. The molecule has 0 radical (unpaired) electrons. The van der Waals surface area contributed by atoms with Gasteiger partial charge in [-0.15, -0.1) is 10.2 Å². The molecule has 7 heteroatoms. The van der Waals surface area contributed by atoms with Gasteiger partial charge in [0, 0.05) is 18.8 Å². The van der Waals surface area contributed by atoms with Crippen molar-refractivity contribution in [1.82, 2.24) is 15.5 Å². The Hall–Kier alpha value is -0.820. The zero-order valence-corrected chi connectivity index (χ0v) is 9.95. The van der Waals surface area contributed by atoms with Gasteiger partial charge in [0.25, 0.3) is 5.91 Å². The zero-order chi connectivity index (χ0) is 10.7. The van der Waals surface area contributed by atoms with Gasteiger partial charge in [-0.3, -0.25) is 4.79 Å². The molecule has 1 saturated heterocycles. The van der Waals surface area contributed by atoms with Crippen LogP contribution in [0.1, 0.15) is 16.2 Å². The minimum Gasteiger partial charge on any atom is -0.363 e. The molecule has 5 nitrogen and oxygen atoms in total. The second-order valence-corrected chi connectivity index (χ2v) is 5.32. The fraction of sp³-hybridized carbons (Fsp3) is 0.625. The molecule has 0 bridgehead atoms. The standard InChI is InChI=1S/C8H12N4OS2/c1-9-8-12-11-7(15-8)6(13)10-5-2-3-14-4-5/h5H,2-4H2,1H3,(H,9,12)(H,10,13). The molecule has 2 heterocycles. The van der Waals surface area contributed by atoms with Crippen LogP contribution in [0.3, 0.4) is 0 Å². The van der Waals surface area contributed by atoms with Crippen LogP contribution < -0.4 is 10.6 Å². The fourth-order valence-corrected chi connectivity index (χ4v) is 3.06. The number of aromatic nitrogens is 2. The summed E-state index contributed by atoms with van der Waals surface area (Å²) < 4.78 is 0. The largest absolute Gasteiger partial charge is 0.363 e. The van der Waals surface area contributed by atoms with Gasteiger partial charge in [0.2, 0.25) is 10.1 Å². The molecule has 1 aromatic heterocycles. The summed E-state index contributed by atoms with van der Waals surface area (Å²) in [7, 11) is 1.76.